The molecule has 2 N–H and O–H groups in total. The van der Waals surface area contributed by atoms with Crippen LogP contribution in [0.3, 0.4) is 0 Å². The molecule has 148 valence electrons. The number of carbonyl (C=O) groups is 1. The van der Waals surface area contributed by atoms with Crippen LogP contribution in [0.2, 0.25) is 5.02 Å². The Morgan fingerprint density at radius 3 is 2.43 bits per heavy atom. The molecule has 0 fully saturated rings. The first kappa shape index (κ1) is 20.4. The standard InChI is InChI=1S/C19H21BrClN5O2/c1-10(2)26-17(16(18(27)28)23-19(26)20)15(12-5-7-13(21)8-6-12)22-14-9-11(3)24-25(14)4/h5-10,15,22H,1-4H3,(H,27,28). The highest BCUT2D eigenvalue weighted by Crippen LogP contribution is 2.34. The van der Waals surface area contributed by atoms with Crippen molar-refractivity contribution in [1.82, 2.24) is 19.3 Å². The average molecular weight is 467 g/mol. The van der Waals surface area contributed by atoms with Gasteiger partial charge in [0, 0.05) is 24.2 Å². The molecule has 28 heavy (non-hydrogen) atoms. The zero-order valence-corrected chi connectivity index (χ0v) is 18.3. The highest BCUT2D eigenvalue weighted by Gasteiger charge is 2.30. The van der Waals surface area contributed by atoms with E-state index in [4.69, 9.17) is 11.6 Å². The largest absolute Gasteiger partial charge is 0.476 e. The van der Waals surface area contributed by atoms with Crippen LogP contribution in [0.4, 0.5) is 5.82 Å². The number of aromatic carboxylic acids is 1. The first-order chi connectivity index (χ1) is 13.2. The SMILES string of the molecule is Cc1cc(NC(c2ccc(Cl)cc2)c2c(C(=O)O)nc(Br)n2C(C)C)n(C)n1. The van der Waals surface area contributed by atoms with E-state index in [1.165, 1.54) is 0 Å². The van der Waals surface area contributed by atoms with Gasteiger partial charge in [-0.1, -0.05) is 23.7 Å². The number of halogens is 2. The maximum Gasteiger partial charge on any atom is 0.356 e. The highest BCUT2D eigenvalue weighted by atomic mass is 79.9. The monoisotopic (exact) mass is 465 g/mol. The van der Waals surface area contributed by atoms with Crippen molar-refractivity contribution in [1.29, 1.82) is 0 Å². The van der Waals surface area contributed by atoms with Gasteiger partial charge in [-0.05, 0) is 54.4 Å². The predicted octanol–water partition coefficient (Wildman–Crippen LogP) is 4.82. The average Bonchev–Trinajstić information content (AvgIpc) is 3.12. The number of imidazole rings is 1. The van der Waals surface area contributed by atoms with Crippen LogP contribution in [0.25, 0.3) is 0 Å². The van der Waals surface area contributed by atoms with E-state index in [1.807, 2.05) is 50.6 Å². The second-order valence-electron chi connectivity index (χ2n) is 6.81. The zero-order valence-electron chi connectivity index (χ0n) is 15.9. The van der Waals surface area contributed by atoms with Gasteiger partial charge in [0.25, 0.3) is 0 Å². The molecule has 0 spiro atoms. The van der Waals surface area contributed by atoms with Gasteiger partial charge in [-0.2, -0.15) is 5.10 Å². The summed E-state index contributed by atoms with van der Waals surface area (Å²) >= 11 is 9.48. The van der Waals surface area contributed by atoms with Crippen molar-refractivity contribution in [3.63, 3.8) is 0 Å². The van der Waals surface area contributed by atoms with E-state index in [0.717, 1.165) is 17.1 Å². The number of aromatic nitrogens is 4. The molecule has 7 nitrogen and oxygen atoms in total. The van der Waals surface area contributed by atoms with Gasteiger partial charge in [0.1, 0.15) is 5.82 Å². The highest BCUT2D eigenvalue weighted by molar-refractivity contribution is 9.10. The summed E-state index contributed by atoms with van der Waals surface area (Å²) in [5.41, 5.74) is 2.26. The van der Waals surface area contributed by atoms with Gasteiger partial charge in [0.15, 0.2) is 10.4 Å². The molecular formula is C19H21BrClN5O2. The van der Waals surface area contributed by atoms with E-state index in [2.05, 4.69) is 31.3 Å². The smallest absolute Gasteiger partial charge is 0.356 e. The molecule has 1 unspecified atom stereocenters. The summed E-state index contributed by atoms with van der Waals surface area (Å²) in [4.78, 5) is 16.2. The minimum Gasteiger partial charge on any atom is -0.476 e. The maximum absolute atomic E-state index is 12.0. The third kappa shape index (κ3) is 3.93. The van der Waals surface area contributed by atoms with Crippen molar-refractivity contribution in [2.24, 2.45) is 7.05 Å². The molecule has 0 saturated heterocycles. The minimum atomic E-state index is -1.09. The van der Waals surface area contributed by atoms with Crippen LogP contribution in [-0.2, 0) is 7.05 Å². The Labute approximate surface area is 176 Å². The number of carboxylic acid groups (broad SMARTS) is 1. The summed E-state index contributed by atoms with van der Waals surface area (Å²) in [5.74, 6) is -0.321. The van der Waals surface area contributed by atoms with Gasteiger partial charge in [0.05, 0.1) is 17.4 Å². The molecule has 3 aromatic rings. The Bertz CT molecular complexity index is 1010. The third-order valence-corrected chi connectivity index (χ3v) is 5.21. The molecule has 2 aromatic heterocycles. The summed E-state index contributed by atoms with van der Waals surface area (Å²) in [6.07, 6.45) is 0. The quantitative estimate of drug-likeness (QED) is 0.544. The van der Waals surface area contributed by atoms with Crippen LogP contribution in [0.1, 0.15) is 53.4 Å². The van der Waals surface area contributed by atoms with Crippen molar-refractivity contribution in [3.8, 4) is 0 Å². The number of rotatable bonds is 6. The second kappa shape index (κ2) is 7.97. The van der Waals surface area contributed by atoms with Crippen molar-refractivity contribution >= 4 is 39.3 Å². The minimum absolute atomic E-state index is 0.00477. The zero-order chi connectivity index (χ0) is 20.6. The summed E-state index contributed by atoms with van der Waals surface area (Å²) in [7, 11) is 1.84. The van der Waals surface area contributed by atoms with Crippen LogP contribution in [0.15, 0.2) is 35.1 Å². The van der Waals surface area contributed by atoms with Gasteiger partial charge >= 0.3 is 5.97 Å². The van der Waals surface area contributed by atoms with E-state index in [1.54, 1.807) is 16.8 Å². The summed E-state index contributed by atoms with van der Waals surface area (Å²) in [6, 6.07) is 8.75. The lowest BCUT2D eigenvalue weighted by Gasteiger charge is -2.24. The topological polar surface area (TPSA) is 85.0 Å². The molecular weight excluding hydrogens is 446 g/mol. The van der Waals surface area contributed by atoms with Gasteiger partial charge < -0.3 is 15.0 Å². The summed E-state index contributed by atoms with van der Waals surface area (Å²) in [6.45, 7) is 5.86. The van der Waals surface area contributed by atoms with Gasteiger partial charge in [-0.25, -0.2) is 9.78 Å². The lowest BCUT2D eigenvalue weighted by atomic mass is 10.0. The summed E-state index contributed by atoms with van der Waals surface area (Å²) < 4.78 is 4.07. The van der Waals surface area contributed by atoms with Crippen molar-refractivity contribution in [2.75, 3.05) is 5.32 Å². The second-order valence-corrected chi connectivity index (χ2v) is 7.95. The number of nitrogens with one attached hydrogen (secondary N) is 1. The molecule has 0 saturated carbocycles. The number of carboxylic acids is 1. The van der Waals surface area contributed by atoms with Crippen molar-refractivity contribution in [2.45, 2.75) is 32.9 Å². The Morgan fingerprint density at radius 2 is 1.93 bits per heavy atom. The molecule has 0 radical (unpaired) electrons. The molecule has 0 bridgehead atoms. The van der Waals surface area contributed by atoms with E-state index in [0.29, 0.717) is 15.5 Å². The molecule has 9 heteroatoms. The Balaban J connectivity index is 2.23. The van der Waals surface area contributed by atoms with Crippen molar-refractivity contribution in [3.05, 3.63) is 62.7 Å². The number of hydrogen-bond donors (Lipinski definition) is 2. The Morgan fingerprint density at radius 1 is 1.29 bits per heavy atom. The van der Waals surface area contributed by atoms with E-state index in [-0.39, 0.29) is 11.7 Å². The number of nitrogens with zero attached hydrogens (tertiary/aromatic N) is 4. The molecule has 1 aromatic carbocycles. The van der Waals surface area contributed by atoms with Crippen LogP contribution >= 0.6 is 27.5 Å². The third-order valence-electron chi connectivity index (χ3n) is 4.39. The van der Waals surface area contributed by atoms with Gasteiger partial charge in [-0.3, -0.25) is 4.68 Å². The molecule has 0 aliphatic carbocycles. The Kier molecular flexibility index (Phi) is 5.81. The molecule has 0 aliphatic rings. The van der Waals surface area contributed by atoms with Crippen LogP contribution in [0.5, 0.6) is 0 Å². The van der Waals surface area contributed by atoms with Gasteiger partial charge in [-0.15, -0.1) is 0 Å². The number of benzene rings is 1. The number of anilines is 1. The molecule has 0 aliphatic heterocycles. The van der Waals surface area contributed by atoms with E-state index < -0.39 is 12.0 Å². The fourth-order valence-electron chi connectivity index (χ4n) is 3.20. The number of aryl methyl sites for hydroxylation is 2. The lowest BCUT2D eigenvalue weighted by Crippen LogP contribution is -2.22. The van der Waals surface area contributed by atoms with E-state index >= 15 is 0 Å². The first-order valence-corrected chi connectivity index (χ1v) is 9.89. The van der Waals surface area contributed by atoms with Crippen LogP contribution in [0, 0.1) is 6.92 Å². The van der Waals surface area contributed by atoms with Crippen LogP contribution in [-0.4, -0.2) is 30.4 Å². The Hall–Kier alpha value is -2.32. The fourth-order valence-corrected chi connectivity index (χ4v) is 4.10. The van der Waals surface area contributed by atoms with Gasteiger partial charge in [0.2, 0.25) is 0 Å². The fraction of sp³-hybridized carbons (Fsp3) is 0.316. The predicted molar refractivity (Wildman–Crippen MR) is 112 cm³/mol. The van der Waals surface area contributed by atoms with E-state index in [9.17, 15) is 9.90 Å². The first-order valence-electron chi connectivity index (χ1n) is 8.72. The molecule has 1 atom stereocenters. The normalized spacial score (nSPS) is 12.4. The lowest BCUT2D eigenvalue weighted by molar-refractivity contribution is 0.0689. The molecule has 2 heterocycles. The number of hydrogen-bond acceptors (Lipinski definition) is 4. The molecule has 0 amide bonds. The summed E-state index contributed by atoms with van der Waals surface area (Å²) in [5, 5.41) is 18.2. The molecule has 3 rings (SSSR count). The maximum atomic E-state index is 12.0. The van der Waals surface area contributed by atoms with Crippen LogP contribution < -0.4 is 5.32 Å². The van der Waals surface area contributed by atoms with Crippen molar-refractivity contribution < 1.29 is 9.90 Å².